The molecule has 5 aromatic heterocycles. The third kappa shape index (κ3) is 5.19. The molecule has 0 bridgehead atoms. The maximum Gasteiger partial charge on any atom is 0.180 e. The molecule has 0 fully saturated rings. The van der Waals surface area contributed by atoms with E-state index in [9.17, 15) is 0 Å². The minimum absolute atomic E-state index is 0.623. The summed E-state index contributed by atoms with van der Waals surface area (Å²) in [4.78, 5) is 25.8. The molecule has 0 amide bonds. The summed E-state index contributed by atoms with van der Waals surface area (Å²) in [5.41, 5.74) is 7.78. The average molecular weight is 766 g/mol. The first-order valence-corrected chi connectivity index (χ1v) is 20.3. The van der Waals surface area contributed by atoms with E-state index in [1.807, 2.05) is 66.7 Å². The molecular formula is C49H27N5OS2. The summed E-state index contributed by atoms with van der Waals surface area (Å²) < 4.78 is 11.3. The van der Waals surface area contributed by atoms with Gasteiger partial charge in [0, 0.05) is 73.5 Å². The van der Waals surface area contributed by atoms with Crippen molar-refractivity contribution in [2.24, 2.45) is 0 Å². The van der Waals surface area contributed by atoms with Gasteiger partial charge < -0.3 is 4.42 Å². The molecule has 12 rings (SSSR count). The lowest BCUT2D eigenvalue weighted by Crippen LogP contribution is -2.00. The van der Waals surface area contributed by atoms with E-state index in [1.165, 1.54) is 20.2 Å². The largest absolute Gasteiger partial charge is 0.452 e. The molecular weight excluding hydrogens is 739 g/mol. The third-order valence-electron chi connectivity index (χ3n) is 10.6. The van der Waals surface area contributed by atoms with Crippen LogP contribution in [0.25, 0.3) is 119 Å². The summed E-state index contributed by atoms with van der Waals surface area (Å²) in [6, 6.07) is 56.3. The summed E-state index contributed by atoms with van der Waals surface area (Å²) in [6.07, 6.45) is 0. The van der Waals surface area contributed by atoms with E-state index in [-0.39, 0.29) is 0 Å². The number of benzene rings is 7. The lowest BCUT2D eigenvalue weighted by molar-refractivity contribution is 0.667. The predicted octanol–water partition coefficient (Wildman–Crippen LogP) is 13.6. The van der Waals surface area contributed by atoms with E-state index in [2.05, 4.69) is 97.1 Å². The lowest BCUT2D eigenvalue weighted by Gasteiger charge is -2.10. The first-order valence-electron chi connectivity index (χ1n) is 18.7. The van der Waals surface area contributed by atoms with Gasteiger partial charge in [-0.25, -0.2) is 24.9 Å². The fraction of sp³-hybridized carbons (Fsp3) is 0. The van der Waals surface area contributed by atoms with Crippen LogP contribution in [0.3, 0.4) is 0 Å². The number of rotatable bonds is 5. The summed E-state index contributed by atoms with van der Waals surface area (Å²) >= 11 is 3.55. The van der Waals surface area contributed by atoms with E-state index in [1.54, 1.807) is 22.7 Å². The standard InChI is InChI=1S/C49H27N5OS2/c1-3-13-28(14-4-1)46-50-42-32-18-7-9-22-37(32)55-44(42)43(51-46)35-21-11-19-33-41-34(20-12-24-40(41)57-45(33)35)49-53-47(29-15-5-2-6-16-29)52-48(54-49)30-25-26-39-36(27-30)31-17-8-10-23-38(31)56-39/h1-27H. The van der Waals surface area contributed by atoms with Gasteiger partial charge in [0.1, 0.15) is 16.8 Å². The number of furan rings is 1. The highest BCUT2D eigenvalue weighted by Crippen LogP contribution is 2.46. The fourth-order valence-electron chi connectivity index (χ4n) is 7.92. The highest BCUT2D eigenvalue weighted by atomic mass is 32.1. The number of nitrogens with zero attached hydrogens (tertiary/aromatic N) is 5. The quantitative estimate of drug-likeness (QED) is 0.174. The Kier molecular flexibility index (Phi) is 7.17. The minimum Gasteiger partial charge on any atom is -0.452 e. The van der Waals surface area contributed by atoms with Gasteiger partial charge in [0.05, 0.1) is 0 Å². The van der Waals surface area contributed by atoms with E-state index < -0.39 is 0 Å². The number of thiophene rings is 2. The molecule has 6 nitrogen and oxygen atoms in total. The maximum atomic E-state index is 6.55. The minimum atomic E-state index is 0.623. The van der Waals surface area contributed by atoms with Crippen LogP contribution in [0.4, 0.5) is 0 Å². The van der Waals surface area contributed by atoms with Crippen LogP contribution in [0.5, 0.6) is 0 Å². The maximum absolute atomic E-state index is 6.55. The Labute approximate surface area is 333 Å². The molecule has 0 atom stereocenters. The molecule has 266 valence electrons. The third-order valence-corrected chi connectivity index (χ3v) is 12.9. The average Bonchev–Trinajstić information content (AvgIpc) is 3.98. The van der Waals surface area contributed by atoms with Crippen LogP contribution in [0.1, 0.15) is 0 Å². The van der Waals surface area contributed by atoms with Crippen molar-refractivity contribution in [3.8, 4) is 56.8 Å². The van der Waals surface area contributed by atoms with Crippen molar-refractivity contribution in [2.75, 3.05) is 0 Å². The van der Waals surface area contributed by atoms with Crippen LogP contribution >= 0.6 is 22.7 Å². The van der Waals surface area contributed by atoms with Gasteiger partial charge in [-0.2, -0.15) is 0 Å². The Bertz CT molecular complexity index is 3540. The van der Waals surface area contributed by atoms with Crippen molar-refractivity contribution in [1.82, 2.24) is 24.9 Å². The molecule has 0 radical (unpaired) electrons. The van der Waals surface area contributed by atoms with Crippen molar-refractivity contribution >= 4 is 85.1 Å². The number of para-hydroxylation sites is 1. The molecule has 5 heterocycles. The molecule has 0 aliphatic rings. The van der Waals surface area contributed by atoms with Gasteiger partial charge in [0.2, 0.25) is 0 Å². The monoisotopic (exact) mass is 765 g/mol. The summed E-state index contributed by atoms with van der Waals surface area (Å²) in [6.45, 7) is 0. The smallest absolute Gasteiger partial charge is 0.180 e. The van der Waals surface area contributed by atoms with Crippen molar-refractivity contribution in [3.05, 3.63) is 164 Å². The van der Waals surface area contributed by atoms with Crippen LogP contribution in [-0.2, 0) is 0 Å². The van der Waals surface area contributed by atoms with Gasteiger partial charge in [0.25, 0.3) is 0 Å². The Hall–Kier alpha value is -7.13. The number of hydrogen-bond donors (Lipinski definition) is 0. The summed E-state index contributed by atoms with van der Waals surface area (Å²) in [5, 5.41) is 5.59. The van der Waals surface area contributed by atoms with Gasteiger partial charge in [-0.05, 0) is 42.5 Å². The molecule has 0 saturated heterocycles. The zero-order chi connectivity index (χ0) is 37.5. The number of aromatic nitrogens is 5. The second-order valence-corrected chi connectivity index (χ2v) is 16.1. The van der Waals surface area contributed by atoms with E-state index >= 15 is 0 Å². The molecule has 0 saturated carbocycles. The van der Waals surface area contributed by atoms with Crippen LogP contribution in [-0.4, -0.2) is 24.9 Å². The molecule has 57 heavy (non-hydrogen) atoms. The van der Waals surface area contributed by atoms with E-state index in [0.717, 1.165) is 70.2 Å². The number of hydrogen-bond acceptors (Lipinski definition) is 8. The Morgan fingerprint density at radius 3 is 1.82 bits per heavy atom. The molecule has 8 heteroatoms. The van der Waals surface area contributed by atoms with Gasteiger partial charge in [-0.3, -0.25) is 0 Å². The van der Waals surface area contributed by atoms with Crippen molar-refractivity contribution in [3.63, 3.8) is 0 Å². The topological polar surface area (TPSA) is 77.6 Å². The first kappa shape index (κ1) is 32.1. The van der Waals surface area contributed by atoms with Crippen LogP contribution in [0, 0.1) is 0 Å². The molecule has 7 aromatic carbocycles. The molecule has 0 spiro atoms. The second-order valence-electron chi connectivity index (χ2n) is 14.0. The summed E-state index contributed by atoms with van der Waals surface area (Å²) in [7, 11) is 0. The normalized spacial score (nSPS) is 11.9. The molecule has 12 aromatic rings. The SMILES string of the molecule is c1ccc(-c2nc(-c3ccc4sc5ccccc5c4c3)nc(-c3cccc4sc5c(-c6nc(-c7ccccc7)nc7c6oc6ccccc67)cccc5c34)n2)cc1. The zero-order valence-electron chi connectivity index (χ0n) is 30.0. The first-order chi connectivity index (χ1) is 28.2. The van der Waals surface area contributed by atoms with Crippen molar-refractivity contribution < 1.29 is 4.42 Å². The predicted molar refractivity (Wildman–Crippen MR) is 236 cm³/mol. The molecule has 0 N–H and O–H groups in total. The fourth-order valence-corrected chi connectivity index (χ4v) is 10.2. The van der Waals surface area contributed by atoms with E-state index in [0.29, 0.717) is 28.9 Å². The van der Waals surface area contributed by atoms with Crippen LogP contribution < -0.4 is 0 Å². The van der Waals surface area contributed by atoms with Crippen molar-refractivity contribution in [2.45, 2.75) is 0 Å². The molecule has 0 aliphatic carbocycles. The van der Waals surface area contributed by atoms with Gasteiger partial charge in [-0.15, -0.1) is 22.7 Å². The highest BCUT2D eigenvalue weighted by molar-refractivity contribution is 7.26. The van der Waals surface area contributed by atoms with Gasteiger partial charge in [-0.1, -0.05) is 121 Å². The van der Waals surface area contributed by atoms with Crippen molar-refractivity contribution in [1.29, 1.82) is 0 Å². The molecule has 0 aliphatic heterocycles. The number of fused-ring (bicyclic) bond motifs is 9. The van der Waals surface area contributed by atoms with Gasteiger partial charge in [0.15, 0.2) is 28.9 Å². The Morgan fingerprint density at radius 2 is 1.00 bits per heavy atom. The van der Waals surface area contributed by atoms with Crippen LogP contribution in [0.15, 0.2) is 168 Å². The Balaban J connectivity index is 1.09. The lowest BCUT2D eigenvalue weighted by atomic mass is 10.0. The summed E-state index contributed by atoms with van der Waals surface area (Å²) in [5.74, 6) is 2.54. The second kappa shape index (κ2) is 12.7. The Morgan fingerprint density at radius 1 is 0.386 bits per heavy atom. The molecule has 0 unspecified atom stereocenters. The van der Waals surface area contributed by atoms with Crippen LogP contribution in [0.2, 0.25) is 0 Å². The van der Waals surface area contributed by atoms with Gasteiger partial charge >= 0.3 is 0 Å². The highest BCUT2D eigenvalue weighted by Gasteiger charge is 2.23. The zero-order valence-corrected chi connectivity index (χ0v) is 31.7. The van der Waals surface area contributed by atoms with E-state index in [4.69, 9.17) is 29.3 Å².